The maximum Gasteiger partial charge on any atom is 0.324 e. The summed E-state index contributed by atoms with van der Waals surface area (Å²) < 4.78 is 25.7. The van der Waals surface area contributed by atoms with E-state index < -0.39 is 45.5 Å². The number of amides is 3. The van der Waals surface area contributed by atoms with Crippen LogP contribution >= 0.6 is 11.6 Å². The maximum absolute atomic E-state index is 12.8. The van der Waals surface area contributed by atoms with E-state index >= 15 is 0 Å². The Hall–Kier alpha value is -2.91. The minimum absolute atomic E-state index is 0.0178. The largest absolute Gasteiger partial charge is 0.481 e. The zero-order valence-corrected chi connectivity index (χ0v) is 18.2. The molecule has 0 radical (unpaired) electrons. The van der Waals surface area contributed by atoms with Crippen molar-refractivity contribution in [2.24, 2.45) is 5.92 Å². The third-order valence-corrected chi connectivity index (χ3v) is 7.26. The van der Waals surface area contributed by atoms with E-state index in [0.29, 0.717) is 5.02 Å². The highest BCUT2D eigenvalue weighted by molar-refractivity contribution is 7.91. The van der Waals surface area contributed by atoms with Crippen LogP contribution in [0.4, 0.5) is 4.79 Å². The van der Waals surface area contributed by atoms with Crippen LogP contribution in [-0.4, -0.2) is 54.7 Å². The fourth-order valence-electron chi connectivity index (χ4n) is 3.51. The number of nitrogens with one attached hydrogen (secondary N) is 1. The normalized spacial score (nSPS) is 17.5. The van der Waals surface area contributed by atoms with Gasteiger partial charge in [-0.3, -0.25) is 14.9 Å². The Labute approximate surface area is 184 Å². The van der Waals surface area contributed by atoms with E-state index in [0.717, 1.165) is 11.1 Å². The molecule has 164 valence electrons. The quantitative estimate of drug-likeness (QED) is 0.579. The van der Waals surface area contributed by atoms with Crippen LogP contribution in [0.2, 0.25) is 5.02 Å². The van der Waals surface area contributed by atoms with Gasteiger partial charge < -0.3 is 10.0 Å². The van der Waals surface area contributed by atoms with E-state index in [1.807, 2.05) is 0 Å². The molecule has 1 fully saturated rings. The summed E-state index contributed by atoms with van der Waals surface area (Å²) in [7, 11) is -3.94. The van der Waals surface area contributed by atoms with Crippen molar-refractivity contribution in [1.29, 1.82) is 0 Å². The minimum Gasteiger partial charge on any atom is -0.481 e. The molecule has 2 aromatic rings. The number of nitrogens with zero attached hydrogens (tertiary/aromatic N) is 1. The minimum atomic E-state index is -3.94. The summed E-state index contributed by atoms with van der Waals surface area (Å²) in [5.41, 5.74) is 1.64. The second-order valence-electron chi connectivity index (χ2n) is 7.18. The van der Waals surface area contributed by atoms with E-state index in [2.05, 4.69) is 5.32 Å². The Kier molecular flexibility index (Phi) is 6.66. The summed E-state index contributed by atoms with van der Waals surface area (Å²) in [6.07, 6.45) is -0.289. The smallest absolute Gasteiger partial charge is 0.324 e. The number of hydrogen-bond donors (Lipinski definition) is 2. The van der Waals surface area contributed by atoms with Crippen LogP contribution in [0, 0.1) is 5.92 Å². The molecular formula is C21H21ClN2O6S. The number of benzene rings is 2. The van der Waals surface area contributed by atoms with Crippen LogP contribution in [0.3, 0.4) is 0 Å². The summed E-state index contributed by atoms with van der Waals surface area (Å²) in [5.74, 6) is -4.00. The van der Waals surface area contributed by atoms with E-state index in [1.54, 1.807) is 43.3 Å². The Balaban J connectivity index is 1.78. The van der Waals surface area contributed by atoms with E-state index in [9.17, 15) is 27.9 Å². The van der Waals surface area contributed by atoms with Crippen molar-refractivity contribution in [1.82, 2.24) is 10.2 Å². The Morgan fingerprint density at radius 3 is 2.16 bits per heavy atom. The van der Waals surface area contributed by atoms with Crippen LogP contribution < -0.4 is 5.32 Å². The first kappa shape index (κ1) is 22.8. The number of halogens is 1. The molecular weight excluding hydrogens is 444 g/mol. The first-order valence-corrected chi connectivity index (χ1v) is 11.6. The SMILES string of the molecule is CCN1C(=O)NC(=O)C1CC(CS(=O)(=O)c1ccc(-c2ccc(Cl)cc2)cc1)C(=O)O. The van der Waals surface area contributed by atoms with Crippen LogP contribution in [0.5, 0.6) is 0 Å². The molecule has 1 heterocycles. The van der Waals surface area contributed by atoms with Gasteiger partial charge in [0, 0.05) is 11.6 Å². The van der Waals surface area contributed by atoms with Gasteiger partial charge in [0.05, 0.1) is 16.6 Å². The highest BCUT2D eigenvalue weighted by Crippen LogP contribution is 2.26. The van der Waals surface area contributed by atoms with Crippen molar-refractivity contribution in [2.75, 3.05) is 12.3 Å². The third-order valence-electron chi connectivity index (χ3n) is 5.18. The molecule has 0 aliphatic carbocycles. The fourth-order valence-corrected chi connectivity index (χ4v) is 5.19. The lowest BCUT2D eigenvalue weighted by molar-refractivity contribution is -0.141. The molecule has 8 nitrogen and oxygen atoms in total. The van der Waals surface area contributed by atoms with E-state index in [4.69, 9.17) is 11.6 Å². The average Bonchev–Trinajstić information content (AvgIpc) is 3.00. The predicted molar refractivity (Wildman–Crippen MR) is 114 cm³/mol. The van der Waals surface area contributed by atoms with Crippen LogP contribution in [0.15, 0.2) is 53.4 Å². The topological polar surface area (TPSA) is 121 Å². The van der Waals surface area contributed by atoms with Gasteiger partial charge in [-0.05, 0) is 48.7 Å². The average molecular weight is 465 g/mol. The fraction of sp³-hybridized carbons (Fsp3) is 0.286. The van der Waals surface area contributed by atoms with Gasteiger partial charge in [0.2, 0.25) is 0 Å². The molecule has 3 rings (SSSR count). The summed E-state index contributed by atoms with van der Waals surface area (Å²) in [6.45, 7) is 1.85. The summed E-state index contributed by atoms with van der Waals surface area (Å²) in [4.78, 5) is 36.7. The standard InChI is InChI=1S/C21H21ClN2O6S/c1-2-24-18(19(25)23-21(24)28)11-15(20(26)27)12-31(29,30)17-9-5-14(6-10-17)13-3-7-16(22)8-4-13/h3-10,15,18H,2,11-12H2,1H3,(H,26,27)(H,23,25,28). The molecule has 10 heteroatoms. The number of imide groups is 1. The molecule has 2 N–H and O–H groups in total. The Morgan fingerprint density at radius 2 is 1.65 bits per heavy atom. The second-order valence-corrected chi connectivity index (χ2v) is 9.65. The molecule has 2 unspecified atom stereocenters. The maximum atomic E-state index is 12.8. The van der Waals surface area contributed by atoms with Gasteiger partial charge in [-0.2, -0.15) is 0 Å². The van der Waals surface area contributed by atoms with E-state index in [1.165, 1.54) is 17.0 Å². The molecule has 3 amide bonds. The van der Waals surface area contributed by atoms with Gasteiger partial charge in [-0.1, -0.05) is 35.9 Å². The van der Waals surface area contributed by atoms with Crippen LogP contribution in [0.25, 0.3) is 11.1 Å². The lowest BCUT2D eigenvalue weighted by atomic mass is 10.0. The van der Waals surface area contributed by atoms with E-state index in [-0.39, 0.29) is 17.9 Å². The van der Waals surface area contributed by atoms with Crippen molar-refractivity contribution < 1.29 is 27.9 Å². The summed E-state index contributed by atoms with van der Waals surface area (Å²) in [6, 6.07) is 11.5. The number of carbonyl (C=O) groups excluding carboxylic acids is 2. The van der Waals surface area contributed by atoms with Crippen molar-refractivity contribution in [2.45, 2.75) is 24.3 Å². The molecule has 31 heavy (non-hydrogen) atoms. The first-order valence-electron chi connectivity index (χ1n) is 9.55. The number of likely N-dealkylation sites (N-methyl/N-ethyl adjacent to an activating group) is 1. The predicted octanol–water partition coefficient (Wildman–Crippen LogP) is 2.81. The Morgan fingerprint density at radius 1 is 1.10 bits per heavy atom. The number of hydrogen-bond acceptors (Lipinski definition) is 5. The highest BCUT2D eigenvalue weighted by Gasteiger charge is 2.41. The number of urea groups is 1. The monoisotopic (exact) mass is 464 g/mol. The van der Waals surface area contributed by atoms with Crippen LogP contribution in [-0.2, 0) is 19.4 Å². The molecule has 2 atom stereocenters. The molecule has 0 bridgehead atoms. The third kappa shape index (κ3) is 5.05. The molecule has 0 saturated carbocycles. The van der Waals surface area contributed by atoms with Gasteiger partial charge in [-0.25, -0.2) is 13.2 Å². The number of carbonyl (C=O) groups is 3. The lowest BCUT2D eigenvalue weighted by Gasteiger charge is -2.22. The van der Waals surface area contributed by atoms with Gasteiger partial charge in [0.1, 0.15) is 6.04 Å². The van der Waals surface area contributed by atoms with Gasteiger partial charge in [0.25, 0.3) is 5.91 Å². The van der Waals surface area contributed by atoms with Gasteiger partial charge in [0.15, 0.2) is 9.84 Å². The number of rotatable bonds is 8. The van der Waals surface area contributed by atoms with Gasteiger partial charge in [-0.15, -0.1) is 0 Å². The molecule has 0 aromatic heterocycles. The van der Waals surface area contributed by atoms with Gasteiger partial charge >= 0.3 is 12.0 Å². The second kappa shape index (κ2) is 9.07. The summed E-state index contributed by atoms with van der Waals surface area (Å²) >= 11 is 5.88. The molecule has 0 spiro atoms. The molecule has 2 aromatic carbocycles. The molecule has 1 aliphatic rings. The Bertz CT molecular complexity index is 1100. The number of aliphatic carboxylic acids is 1. The number of carboxylic acid groups (broad SMARTS) is 1. The number of carboxylic acids is 1. The van der Waals surface area contributed by atoms with Crippen molar-refractivity contribution >= 4 is 39.3 Å². The molecule has 1 aliphatic heterocycles. The van der Waals surface area contributed by atoms with Crippen molar-refractivity contribution in [3.05, 3.63) is 53.6 Å². The zero-order valence-electron chi connectivity index (χ0n) is 16.6. The highest BCUT2D eigenvalue weighted by atomic mass is 35.5. The summed E-state index contributed by atoms with van der Waals surface area (Å²) in [5, 5.41) is 12.3. The first-order chi connectivity index (χ1) is 14.6. The molecule has 1 saturated heterocycles. The van der Waals surface area contributed by atoms with Crippen molar-refractivity contribution in [3.63, 3.8) is 0 Å². The number of sulfone groups is 1. The lowest BCUT2D eigenvalue weighted by Crippen LogP contribution is -2.39. The zero-order chi connectivity index (χ0) is 22.8. The van der Waals surface area contributed by atoms with Crippen molar-refractivity contribution in [3.8, 4) is 11.1 Å². The van der Waals surface area contributed by atoms with Crippen LogP contribution in [0.1, 0.15) is 13.3 Å².